The highest BCUT2D eigenvalue weighted by Crippen LogP contribution is 2.18. The molecule has 0 unspecified atom stereocenters. The molecule has 6 nitrogen and oxygen atoms in total. The number of nitrogens with one attached hydrogen (secondary N) is 2. The van der Waals surface area contributed by atoms with Gasteiger partial charge in [0.25, 0.3) is 11.8 Å². The Hall–Kier alpha value is -3.19. The summed E-state index contributed by atoms with van der Waals surface area (Å²) in [5.74, 6) is -1.09. The van der Waals surface area contributed by atoms with Gasteiger partial charge in [0.15, 0.2) is 5.69 Å². The van der Waals surface area contributed by atoms with Crippen LogP contribution in [0.5, 0.6) is 0 Å². The number of rotatable bonds is 4. The Balaban J connectivity index is 1.75. The van der Waals surface area contributed by atoms with Crippen LogP contribution in [0.2, 0.25) is 5.02 Å². The second-order valence-corrected chi connectivity index (χ2v) is 5.84. The molecule has 8 heteroatoms. The molecule has 1 aromatic heterocycles. The molecule has 0 radical (unpaired) electrons. The maximum atomic E-state index is 13.2. The summed E-state index contributed by atoms with van der Waals surface area (Å²) in [5, 5.41) is 9.58. The monoisotopic (exact) mass is 372 g/mol. The van der Waals surface area contributed by atoms with Crippen molar-refractivity contribution >= 4 is 34.9 Å². The fourth-order valence-electron chi connectivity index (χ4n) is 2.29. The quantitative estimate of drug-likeness (QED) is 0.732. The van der Waals surface area contributed by atoms with Crippen LogP contribution < -0.4 is 10.6 Å². The molecule has 2 amide bonds. The lowest BCUT2D eigenvalue weighted by Crippen LogP contribution is -2.14. The van der Waals surface area contributed by atoms with Gasteiger partial charge in [0.2, 0.25) is 0 Å². The molecule has 0 saturated carbocycles. The van der Waals surface area contributed by atoms with Gasteiger partial charge in [-0.05, 0) is 30.3 Å². The molecule has 0 aliphatic heterocycles. The molecule has 2 aromatic carbocycles. The van der Waals surface area contributed by atoms with Gasteiger partial charge < -0.3 is 10.6 Å². The van der Waals surface area contributed by atoms with Crippen LogP contribution in [-0.2, 0) is 7.05 Å². The largest absolute Gasteiger partial charge is 0.320 e. The average Bonchev–Trinajstić information content (AvgIpc) is 2.96. The fourth-order valence-corrected chi connectivity index (χ4v) is 2.51. The summed E-state index contributed by atoms with van der Waals surface area (Å²) in [6.07, 6.45) is 0. The third-order valence-electron chi connectivity index (χ3n) is 3.56. The predicted molar refractivity (Wildman–Crippen MR) is 97.0 cm³/mol. The van der Waals surface area contributed by atoms with E-state index < -0.39 is 17.6 Å². The minimum atomic E-state index is -0.524. The number of carbonyl (C=O) groups is 2. The Kier molecular flexibility index (Phi) is 4.99. The van der Waals surface area contributed by atoms with E-state index in [2.05, 4.69) is 15.7 Å². The number of hydrogen-bond acceptors (Lipinski definition) is 3. The molecule has 3 rings (SSSR count). The van der Waals surface area contributed by atoms with E-state index in [1.54, 1.807) is 37.4 Å². The van der Waals surface area contributed by atoms with Crippen molar-refractivity contribution in [3.05, 3.63) is 76.7 Å². The van der Waals surface area contributed by atoms with Gasteiger partial charge in [-0.2, -0.15) is 5.10 Å². The lowest BCUT2D eigenvalue weighted by molar-refractivity contribution is 0.101. The van der Waals surface area contributed by atoms with E-state index in [9.17, 15) is 14.0 Å². The van der Waals surface area contributed by atoms with Gasteiger partial charge in [0.05, 0.1) is 10.6 Å². The first-order chi connectivity index (χ1) is 12.4. The Morgan fingerprint density at radius 3 is 2.54 bits per heavy atom. The van der Waals surface area contributed by atoms with Gasteiger partial charge in [0, 0.05) is 18.8 Å². The Morgan fingerprint density at radius 2 is 1.81 bits per heavy atom. The summed E-state index contributed by atoms with van der Waals surface area (Å²) < 4.78 is 14.6. The van der Waals surface area contributed by atoms with Crippen molar-refractivity contribution in [3.63, 3.8) is 0 Å². The second kappa shape index (κ2) is 7.37. The lowest BCUT2D eigenvalue weighted by Gasteiger charge is -2.06. The number of nitrogens with zero attached hydrogens (tertiary/aromatic N) is 2. The van der Waals surface area contributed by atoms with Crippen molar-refractivity contribution in [2.75, 3.05) is 10.6 Å². The lowest BCUT2D eigenvalue weighted by atomic mass is 10.2. The van der Waals surface area contributed by atoms with E-state index in [4.69, 9.17) is 11.6 Å². The zero-order valence-electron chi connectivity index (χ0n) is 13.7. The summed E-state index contributed by atoms with van der Waals surface area (Å²) in [5.41, 5.74) is 0.689. The maximum Gasteiger partial charge on any atom is 0.276 e. The van der Waals surface area contributed by atoms with E-state index in [0.29, 0.717) is 22.1 Å². The average molecular weight is 373 g/mol. The van der Waals surface area contributed by atoms with Gasteiger partial charge in [-0.15, -0.1) is 0 Å². The van der Waals surface area contributed by atoms with Crippen LogP contribution in [0.15, 0.2) is 54.6 Å². The van der Waals surface area contributed by atoms with Crippen molar-refractivity contribution in [2.24, 2.45) is 7.05 Å². The summed E-state index contributed by atoms with van der Waals surface area (Å²) in [4.78, 5) is 24.6. The molecule has 26 heavy (non-hydrogen) atoms. The van der Waals surface area contributed by atoms with Crippen LogP contribution >= 0.6 is 11.6 Å². The van der Waals surface area contributed by atoms with Crippen molar-refractivity contribution in [1.82, 2.24) is 9.78 Å². The second-order valence-electron chi connectivity index (χ2n) is 5.44. The van der Waals surface area contributed by atoms with E-state index in [0.717, 1.165) is 0 Å². The Morgan fingerprint density at radius 1 is 1.04 bits per heavy atom. The molecule has 0 atom stereocenters. The molecule has 0 spiro atoms. The number of anilines is 2. The third-order valence-corrected chi connectivity index (χ3v) is 3.88. The summed E-state index contributed by atoms with van der Waals surface area (Å²) in [6, 6.07) is 13.6. The van der Waals surface area contributed by atoms with Gasteiger partial charge in [-0.3, -0.25) is 14.3 Å². The minimum Gasteiger partial charge on any atom is -0.320 e. The van der Waals surface area contributed by atoms with Crippen LogP contribution in [0.25, 0.3) is 0 Å². The zero-order chi connectivity index (χ0) is 18.7. The highest BCUT2D eigenvalue weighted by atomic mass is 35.5. The minimum absolute atomic E-state index is 0.0752. The summed E-state index contributed by atoms with van der Waals surface area (Å²) >= 11 is 6.01. The van der Waals surface area contributed by atoms with E-state index >= 15 is 0 Å². The maximum absolute atomic E-state index is 13.2. The van der Waals surface area contributed by atoms with Crippen molar-refractivity contribution in [1.29, 1.82) is 0 Å². The summed E-state index contributed by atoms with van der Waals surface area (Å²) in [7, 11) is 1.58. The molecule has 0 saturated heterocycles. The molecule has 1 heterocycles. The van der Waals surface area contributed by atoms with Crippen molar-refractivity contribution in [2.45, 2.75) is 0 Å². The molecule has 0 bridgehead atoms. The van der Waals surface area contributed by atoms with E-state index in [1.807, 2.05) is 0 Å². The van der Waals surface area contributed by atoms with Crippen LogP contribution in [-0.4, -0.2) is 21.6 Å². The number of aryl methyl sites for hydroxylation is 1. The molecule has 132 valence electrons. The normalized spacial score (nSPS) is 10.4. The number of benzene rings is 2. The molecule has 0 aliphatic carbocycles. The molecule has 3 aromatic rings. The van der Waals surface area contributed by atoms with Crippen LogP contribution in [0.4, 0.5) is 15.9 Å². The van der Waals surface area contributed by atoms with Crippen LogP contribution in [0.1, 0.15) is 20.8 Å². The molecular weight excluding hydrogens is 359 g/mol. The highest BCUT2D eigenvalue weighted by Gasteiger charge is 2.16. The Bertz CT molecular complexity index is 987. The molecular formula is C18H14ClFN4O2. The molecule has 0 aliphatic rings. The fraction of sp³-hybridized carbons (Fsp3) is 0.0556. The number of amides is 2. The van der Waals surface area contributed by atoms with E-state index in [1.165, 1.54) is 28.9 Å². The number of aromatic nitrogens is 2. The van der Waals surface area contributed by atoms with Crippen LogP contribution in [0, 0.1) is 5.82 Å². The third kappa shape index (κ3) is 3.89. The van der Waals surface area contributed by atoms with Crippen LogP contribution in [0.3, 0.4) is 0 Å². The first kappa shape index (κ1) is 17.6. The number of hydrogen-bond donors (Lipinski definition) is 2. The summed E-state index contributed by atoms with van der Waals surface area (Å²) in [6.45, 7) is 0. The zero-order valence-corrected chi connectivity index (χ0v) is 14.4. The topological polar surface area (TPSA) is 76.0 Å². The molecule has 0 fully saturated rings. The van der Waals surface area contributed by atoms with Gasteiger partial charge >= 0.3 is 0 Å². The standard InChI is InChI=1S/C18H14ClFN4O2/c1-24-16(22-17(25)13-7-2-3-8-14(13)19)10-15(23-24)18(26)21-12-6-4-5-11(20)9-12/h2-10H,1H3,(H,21,26)(H,22,25). The Labute approximate surface area is 153 Å². The van der Waals surface area contributed by atoms with Gasteiger partial charge in [-0.25, -0.2) is 4.39 Å². The smallest absolute Gasteiger partial charge is 0.276 e. The highest BCUT2D eigenvalue weighted by molar-refractivity contribution is 6.34. The number of carbonyl (C=O) groups excluding carboxylic acids is 2. The molecule has 2 N–H and O–H groups in total. The van der Waals surface area contributed by atoms with Gasteiger partial charge in [-0.1, -0.05) is 29.8 Å². The SMILES string of the molecule is Cn1nc(C(=O)Nc2cccc(F)c2)cc1NC(=O)c1ccccc1Cl. The van der Waals surface area contributed by atoms with E-state index in [-0.39, 0.29) is 5.69 Å². The van der Waals surface area contributed by atoms with Crippen molar-refractivity contribution < 1.29 is 14.0 Å². The first-order valence-corrected chi connectivity index (χ1v) is 7.98. The number of halogens is 2. The first-order valence-electron chi connectivity index (χ1n) is 7.61. The van der Waals surface area contributed by atoms with Gasteiger partial charge in [0.1, 0.15) is 11.6 Å². The van der Waals surface area contributed by atoms with Crippen molar-refractivity contribution in [3.8, 4) is 0 Å². The predicted octanol–water partition coefficient (Wildman–Crippen LogP) is 3.72.